The fourth-order valence-electron chi connectivity index (χ4n) is 5.44. The van der Waals surface area contributed by atoms with Crippen LogP contribution < -0.4 is 15.8 Å². The number of halogens is 2. The summed E-state index contributed by atoms with van der Waals surface area (Å²) < 4.78 is 36.4. The zero-order chi connectivity index (χ0) is 29.6. The second-order valence-corrected chi connectivity index (χ2v) is 10.6. The molecule has 3 aromatic carbocycles. The molecule has 1 aliphatic rings. The molecule has 42 heavy (non-hydrogen) atoms. The lowest BCUT2D eigenvalue weighted by Crippen LogP contribution is -2.35. The Bertz CT molecular complexity index is 1850. The van der Waals surface area contributed by atoms with E-state index in [1.165, 1.54) is 35.9 Å². The summed E-state index contributed by atoms with van der Waals surface area (Å²) in [6, 6.07) is 20.3. The molecule has 3 N–H and O–H groups in total. The number of benzene rings is 3. The molecule has 1 aliphatic carbocycles. The van der Waals surface area contributed by atoms with E-state index in [4.69, 9.17) is 10.5 Å². The van der Waals surface area contributed by atoms with Crippen LogP contribution in [0.15, 0.2) is 79.0 Å². The molecule has 9 heteroatoms. The summed E-state index contributed by atoms with van der Waals surface area (Å²) in [5.41, 5.74) is 8.90. The normalized spacial score (nSPS) is 13.6. The highest BCUT2D eigenvalue weighted by Gasteiger charge is 2.46. The van der Waals surface area contributed by atoms with Gasteiger partial charge in [0.25, 0.3) is 11.8 Å². The summed E-state index contributed by atoms with van der Waals surface area (Å²) in [6.45, 7) is 1.86. The average molecular weight is 567 g/mol. The van der Waals surface area contributed by atoms with Crippen LogP contribution in [0.2, 0.25) is 0 Å². The molecule has 212 valence electrons. The highest BCUT2D eigenvalue weighted by molar-refractivity contribution is 6.05. The lowest BCUT2D eigenvalue weighted by atomic mass is 9.96. The number of amides is 2. The van der Waals surface area contributed by atoms with Gasteiger partial charge in [0.15, 0.2) is 5.82 Å². The fraction of sp³-hybridized carbons (Fsp3) is 0.182. The van der Waals surface area contributed by atoms with Crippen molar-refractivity contribution in [1.82, 2.24) is 14.9 Å². The first-order chi connectivity index (χ1) is 20.2. The maximum atomic E-state index is 16.1. The molecule has 0 saturated heterocycles. The first kappa shape index (κ1) is 27.1. The third-order valence-electron chi connectivity index (χ3n) is 7.89. The number of fused-ring (bicyclic) bond motifs is 1. The van der Waals surface area contributed by atoms with Gasteiger partial charge in [-0.15, -0.1) is 0 Å². The zero-order valence-corrected chi connectivity index (χ0v) is 23.1. The van der Waals surface area contributed by atoms with Crippen molar-refractivity contribution in [1.29, 1.82) is 0 Å². The molecule has 0 atom stereocenters. The van der Waals surface area contributed by atoms with Crippen LogP contribution in [0.1, 0.15) is 55.8 Å². The Kier molecular flexibility index (Phi) is 6.73. The Morgan fingerprint density at radius 3 is 2.38 bits per heavy atom. The second kappa shape index (κ2) is 10.4. The van der Waals surface area contributed by atoms with Crippen LogP contribution in [0.25, 0.3) is 16.8 Å². The second-order valence-electron chi connectivity index (χ2n) is 10.6. The highest BCUT2D eigenvalue weighted by Crippen LogP contribution is 2.46. The molecule has 1 fully saturated rings. The van der Waals surface area contributed by atoms with E-state index < -0.39 is 23.1 Å². The largest absolute Gasteiger partial charge is 0.496 e. The molecule has 0 unspecified atom stereocenters. The average Bonchev–Trinajstić information content (AvgIpc) is 3.66. The van der Waals surface area contributed by atoms with Crippen molar-refractivity contribution in [3.8, 4) is 17.0 Å². The minimum Gasteiger partial charge on any atom is -0.496 e. The fourth-order valence-corrected chi connectivity index (χ4v) is 5.44. The topological polar surface area (TPSA) is 98.7 Å². The van der Waals surface area contributed by atoms with Crippen molar-refractivity contribution >= 4 is 17.3 Å². The van der Waals surface area contributed by atoms with Crippen LogP contribution in [-0.2, 0) is 12.0 Å². The minimum absolute atomic E-state index is 0.0676. The van der Waals surface area contributed by atoms with E-state index in [2.05, 4.69) is 10.4 Å². The maximum absolute atomic E-state index is 16.1. The minimum atomic E-state index is -0.854. The van der Waals surface area contributed by atoms with Gasteiger partial charge in [0, 0.05) is 18.2 Å². The van der Waals surface area contributed by atoms with E-state index >= 15 is 4.39 Å². The Morgan fingerprint density at radius 2 is 1.74 bits per heavy atom. The molecule has 2 heterocycles. The summed E-state index contributed by atoms with van der Waals surface area (Å²) in [4.78, 5) is 26.0. The van der Waals surface area contributed by atoms with Gasteiger partial charge in [0.05, 0.1) is 23.8 Å². The number of nitrogens with zero attached hydrogens (tertiary/aromatic N) is 2. The van der Waals surface area contributed by atoms with Crippen molar-refractivity contribution in [3.63, 3.8) is 0 Å². The summed E-state index contributed by atoms with van der Waals surface area (Å²) in [7, 11) is 1.51. The van der Waals surface area contributed by atoms with Gasteiger partial charge >= 0.3 is 0 Å². The number of methoxy groups -OCH3 is 1. The van der Waals surface area contributed by atoms with Crippen LogP contribution in [0, 0.1) is 18.6 Å². The van der Waals surface area contributed by atoms with E-state index in [9.17, 15) is 14.0 Å². The van der Waals surface area contributed by atoms with Gasteiger partial charge in [-0.2, -0.15) is 5.10 Å². The zero-order valence-electron chi connectivity index (χ0n) is 23.1. The van der Waals surface area contributed by atoms with E-state index in [0.29, 0.717) is 22.4 Å². The first-order valence-corrected chi connectivity index (χ1v) is 13.5. The number of nitrogens with two attached hydrogens (primary N) is 1. The van der Waals surface area contributed by atoms with E-state index in [1.807, 2.05) is 37.3 Å². The molecule has 2 aromatic heterocycles. The SMILES string of the molecule is COc1cc(C)c(Cc2ccn3nc(-c4ccc(F)cc4)c(C(N)=O)c3c2F)cc1C(=O)NC1(c2ccccc2)CC1. The number of carbonyl (C=O) groups excluding carboxylic acids is 2. The molecule has 0 spiro atoms. The van der Waals surface area contributed by atoms with Gasteiger partial charge in [-0.25, -0.2) is 13.3 Å². The molecule has 0 aliphatic heterocycles. The molecule has 5 aromatic rings. The number of aryl methyl sites for hydroxylation is 1. The quantitative estimate of drug-likeness (QED) is 0.252. The van der Waals surface area contributed by atoms with Gasteiger partial charge < -0.3 is 15.8 Å². The van der Waals surface area contributed by atoms with Crippen LogP contribution in [0.5, 0.6) is 5.75 Å². The summed E-state index contributed by atoms with van der Waals surface area (Å²) in [6.07, 6.45) is 3.36. The van der Waals surface area contributed by atoms with E-state index in [0.717, 1.165) is 24.0 Å². The van der Waals surface area contributed by atoms with Crippen LogP contribution >= 0.6 is 0 Å². The number of hydrogen-bond donors (Lipinski definition) is 2. The predicted octanol–water partition coefficient (Wildman–Crippen LogP) is 5.71. The van der Waals surface area contributed by atoms with Crippen LogP contribution in [0.3, 0.4) is 0 Å². The van der Waals surface area contributed by atoms with Crippen molar-refractivity contribution in [3.05, 3.63) is 124 Å². The monoisotopic (exact) mass is 566 g/mol. The Labute approximate surface area is 240 Å². The molecular formula is C33H28F2N4O3. The van der Waals surface area contributed by atoms with Gasteiger partial charge in [-0.3, -0.25) is 9.59 Å². The molecule has 6 rings (SSSR count). The van der Waals surface area contributed by atoms with E-state index in [1.54, 1.807) is 24.4 Å². The number of hydrogen-bond acceptors (Lipinski definition) is 4. The summed E-state index contributed by atoms with van der Waals surface area (Å²) in [5, 5.41) is 7.55. The van der Waals surface area contributed by atoms with Gasteiger partial charge in [-0.05, 0) is 84.5 Å². The van der Waals surface area contributed by atoms with Crippen molar-refractivity contribution in [2.45, 2.75) is 31.7 Å². The highest BCUT2D eigenvalue weighted by atomic mass is 19.1. The van der Waals surface area contributed by atoms with Crippen molar-refractivity contribution < 1.29 is 23.1 Å². The Hall–Kier alpha value is -5.05. The lowest BCUT2D eigenvalue weighted by molar-refractivity contribution is 0.0926. The number of ether oxygens (including phenoxy) is 1. The number of pyridine rings is 1. The number of aromatic nitrogens is 2. The molecule has 2 amide bonds. The molecule has 0 bridgehead atoms. The smallest absolute Gasteiger partial charge is 0.255 e. The molecule has 1 saturated carbocycles. The van der Waals surface area contributed by atoms with Gasteiger partial charge in [-0.1, -0.05) is 30.3 Å². The predicted molar refractivity (Wildman–Crippen MR) is 154 cm³/mol. The number of primary amides is 1. The number of carbonyl (C=O) groups is 2. The Morgan fingerprint density at radius 1 is 1.02 bits per heavy atom. The standard InChI is InChI=1S/C33H28F2N4O3/c1-19-16-26(42-2)25(32(41)37-33(13-14-33)23-6-4-3-5-7-23)18-22(19)17-21-12-15-39-30(28(21)35)27(31(36)40)29(38-39)20-8-10-24(34)11-9-20/h3-12,15-16,18H,13-14,17H2,1-2H3,(H2,36,40)(H,37,41). The summed E-state index contributed by atoms with van der Waals surface area (Å²) >= 11 is 0. The van der Waals surface area contributed by atoms with E-state index in [-0.39, 0.29) is 34.7 Å². The van der Waals surface area contributed by atoms with Crippen molar-refractivity contribution in [2.75, 3.05) is 7.11 Å². The maximum Gasteiger partial charge on any atom is 0.255 e. The third kappa shape index (κ3) is 4.76. The molecular weight excluding hydrogens is 538 g/mol. The van der Waals surface area contributed by atoms with Gasteiger partial charge in [0.1, 0.15) is 22.8 Å². The van der Waals surface area contributed by atoms with Crippen LogP contribution in [0.4, 0.5) is 8.78 Å². The number of rotatable bonds is 8. The third-order valence-corrected chi connectivity index (χ3v) is 7.89. The Balaban J connectivity index is 1.37. The lowest BCUT2D eigenvalue weighted by Gasteiger charge is -2.20. The first-order valence-electron chi connectivity index (χ1n) is 13.5. The summed E-state index contributed by atoms with van der Waals surface area (Å²) in [5.74, 6) is -1.82. The molecule has 7 nitrogen and oxygen atoms in total. The van der Waals surface area contributed by atoms with Crippen LogP contribution in [-0.4, -0.2) is 28.5 Å². The van der Waals surface area contributed by atoms with Crippen molar-refractivity contribution in [2.24, 2.45) is 5.73 Å². The van der Waals surface area contributed by atoms with Gasteiger partial charge in [0.2, 0.25) is 0 Å². The number of nitrogens with one attached hydrogen (secondary N) is 1. The molecule has 0 radical (unpaired) electrons.